The van der Waals surface area contributed by atoms with E-state index in [0.717, 1.165) is 45.0 Å². The molecule has 5 nitrogen and oxygen atoms in total. The minimum absolute atomic E-state index is 0.270. The summed E-state index contributed by atoms with van der Waals surface area (Å²) in [5.74, 6) is 0.932. The van der Waals surface area contributed by atoms with Gasteiger partial charge in [-0.3, -0.25) is 4.99 Å². The average Bonchev–Trinajstić information content (AvgIpc) is 3.25. The molecule has 0 saturated carbocycles. The minimum Gasteiger partial charge on any atom is -0.363 e. The van der Waals surface area contributed by atoms with Gasteiger partial charge in [0.15, 0.2) is 5.96 Å². The van der Waals surface area contributed by atoms with Crippen molar-refractivity contribution in [3.8, 4) is 0 Å². The molecule has 1 aromatic heterocycles. The van der Waals surface area contributed by atoms with Crippen molar-refractivity contribution in [2.45, 2.75) is 38.8 Å². The number of piperidine rings is 1. The first-order valence-corrected chi connectivity index (χ1v) is 11.5. The second-order valence-corrected chi connectivity index (χ2v) is 8.89. The van der Waals surface area contributed by atoms with Crippen LogP contribution < -0.4 is 15.5 Å². The lowest BCUT2D eigenvalue weighted by molar-refractivity contribution is 0.306. The van der Waals surface area contributed by atoms with E-state index in [4.69, 9.17) is 4.99 Å². The highest BCUT2D eigenvalue weighted by Crippen LogP contribution is 2.25. The van der Waals surface area contributed by atoms with E-state index < -0.39 is 0 Å². The van der Waals surface area contributed by atoms with Crippen molar-refractivity contribution in [1.82, 2.24) is 15.5 Å². The summed E-state index contributed by atoms with van der Waals surface area (Å²) in [6.45, 7) is 8.06. The first kappa shape index (κ1) is 21.7. The number of likely N-dealkylation sites (N-methyl/N-ethyl adjacent to an activating group) is 1. The molecule has 1 aliphatic rings. The Morgan fingerprint density at radius 2 is 1.93 bits per heavy atom. The number of benzene rings is 1. The van der Waals surface area contributed by atoms with E-state index in [2.05, 4.69) is 90.2 Å². The molecule has 1 unspecified atom stereocenters. The Bertz CT molecular complexity index is 746. The monoisotopic (exact) mass is 413 g/mol. The predicted octanol–water partition coefficient (Wildman–Crippen LogP) is 3.88. The van der Waals surface area contributed by atoms with Gasteiger partial charge in [-0.2, -0.15) is 0 Å². The zero-order valence-corrected chi connectivity index (χ0v) is 19.0. The molecule has 0 radical (unpaired) electrons. The largest absolute Gasteiger partial charge is 0.363 e. The normalized spacial score (nSPS) is 16.9. The Labute approximate surface area is 179 Å². The third kappa shape index (κ3) is 6.21. The van der Waals surface area contributed by atoms with Crippen molar-refractivity contribution in [1.29, 1.82) is 0 Å². The van der Waals surface area contributed by atoms with Crippen molar-refractivity contribution < 1.29 is 0 Å². The van der Waals surface area contributed by atoms with Gasteiger partial charge in [-0.05, 0) is 63.9 Å². The van der Waals surface area contributed by atoms with Crippen LogP contribution in [-0.4, -0.2) is 57.2 Å². The third-order valence-electron chi connectivity index (χ3n) is 5.51. The van der Waals surface area contributed by atoms with Crippen LogP contribution in [0.1, 0.15) is 36.9 Å². The number of rotatable bonds is 7. The quantitative estimate of drug-likeness (QED) is 0.534. The maximum Gasteiger partial charge on any atom is 0.191 e. The number of guanidine groups is 1. The Morgan fingerprint density at radius 1 is 1.21 bits per heavy atom. The van der Waals surface area contributed by atoms with E-state index in [1.807, 2.05) is 11.3 Å². The van der Waals surface area contributed by atoms with E-state index >= 15 is 0 Å². The molecule has 0 amide bonds. The number of anilines is 1. The topological polar surface area (TPSA) is 42.9 Å². The fourth-order valence-electron chi connectivity index (χ4n) is 3.74. The molecule has 3 rings (SSSR count). The number of nitrogens with zero attached hydrogens (tertiary/aromatic N) is 3. The average molecular weight is 414 g/mol. The lowest BCUT2D eigenvalue weighted by atomic mass is 10.0. The minimum atomic E-state index is 0.270. The van der Waals surface area contributed by atoms with Crippen LogP contribution in [0.3, 0.4) is 0 Å². The molecule has 158 valence electrons. The van der Waals surface area contributed by atoms with Gasteiger partial charge >= 0.3 is 0 Å². The Morgan fingerprint density at radius 3 is 2.52 bits per heavy atom. The highest BCUT2D eigenvalue weighted by atomic mass is 32.1. The number of hydrogen-bond donors (Lipinski definition) is 2. The van der Waals surface area contributed by atoms with Crippen LogP contribution in [0.2, 0.25) is 0 Å². The molecule has 1 saturated heterocycles. The molecule has 29 heavy (non-hydrogen) atoms. The van der Waals surface area contributed by atoms with Gasteiger partial charge in [-0.25, -0.2) is 0 Å². The van der Waals surface area contributed by atoms with Gasteiger partial charge in [-0.15, -0.1) is 11.3 Å². The van der Waals surface area contributed by atoms with Crippen LogP contribution in [0.4, 0.5) is 5.00 Å². The Hall–Kier alpha value is -2.05. The van der Waals surface area contributed by atoms with Crippen LogP contribution in [-0.2, 0) is 0 Å². The van der Waals surface area contributed by atoms with E-state index in [9.17, 15) is 0 Å². The zero-order valence-electron chi connectivity index (χ0n) is 18.2. The number of aryl methyl sites for hydroxylation is 1. The van der Waals surface area contributed by atoms with Crippen molar-refractivity contribution in [3.63, 3.8) is 0 Å². The summed E-state index contributed by atoms with van der Waals surface area (Å²) in [5.41, 5.74) is 2.60. The molecule has 6 heteroatoms. The first-order valence-electron chi connectivity index (χ1n) is 10.6. The third-order valence-corrected chi connectivity index (χ3v) is 6.43. The van der Waals surface area contributed by atoms with Crippen LogP contribution in [0.5, 0.6) is 0 Å². The molecule has 1 aliphatic heterocycles. The molecule has 2 aromatic rings. The molecule has 0 bridgehead atoms. The summed E-state index contributed by atoms with van der Waals surface area (Å²) in [4.78, 5) is 9.68. The van der Waals surface area contributed by atoms with Gasteiger partial charge in [0.25, 0.3) is 0 Å². The highest BCUT2D eigenvalue weighted by Gasteiger charge is 2.21. The summed E-state index contributed by atoms with van der Waals surface area (Å²) in [6.07, 6.45) is 2.27. The van der Waals surface area contributed by atoms with Crippen molar-refractivity contribution >= 4 is 22.3 Å². The lowest BCUT2D eigenvalue weighted by Gasteiger charge is -2.33. The van der Waals surface area contributed by atoms with Crippen LogP contribution >= 0.6 is 11.3 Å². The summed E-state index contributed by atoms with van der Waals surface area (Å²) >= 11 is 1.83. The summed E-state index contributed by atoms with van der Waals surface area (Å²) in [7, 11) is 4.25. The SMILES string of the molecule is CCNC(=NCC(c1ccc(C)cc1)N(C)C)NC1CCN(c2cccs2)CC1. The van der Waals surface area contributed by atoms with Gasteiger partial charge in [0.2, 0.25) is 0 Å². The van der Waals surface area contributed by atoms with Crippen LogP contribution in [0.15, 0.2) is 46.8 Å². The van der Waals surface area contributed by atoms with Gasteiger partial charge in [0.05, 0.1) is 17.6 Å². The summed E-state index contributed by atoms with van der Waals surface area (Å²) in [6, 6.07) is 13.9. The predicted molar refractivity (Wildman–Crippen MR) is 126 cm³/mol. The molecule has 1 fully saturated rings. The van der Waals surface area contributed by atoms with E-state index in [1.165, 1.54) is 16.1 Å². The van der Waals surface area contributed by atoms with Gasteiger partial charge in [0.1, 0.15) is 0 Å². The van der Waals surface area contributed by atoms with E-state index in [-0.39, 0.29) is 6.04 Å². The molecule has 1 aromatic carbocycles. The molecule has 2 N–H and O–H groups in total. The highest BCUT2D eigenvalue weighted by molar-refractivity contribution is 7.14. The van der Waals surface area contributed by atoms with Gasteiger partial charge in [0, 0.05) is 25.7 Å². The lowest BCUT2D eigenvalue weighted by Crippen LogP contribution is -2.48. The van der Waals surface area contributed by atoms with E-state index in [0.29, 0.717) is 6.04 Å². The molecule has 0 spiro atoms. The first-order chi connectivity index (χ1) is 14.1. The van der Waals surface area contributed by atoms with E-state index in [1.54, 1.807) is 0 Å². The molecular formula is C23H35N5S. The van der Waals surface area contributed by atoms with Gasteiger partial charge in [-0.1, -0.05) is 29.8 Å². The fraction of sp³-hybridized carbons (Fsp3) is 0.522. The standard InChI is InChI=1S/C23H35N5S/c1-5-24-23(25-17-21(27(3)4)19-10-8-18(2)9-11-19)26-20-12-14-28(15-13-20)22-7-6-16-29-22/h6-11,16,20-21H,5,12-15,17H2,1-4H3,(H2,24,25,26). The summed E-state index contributed by atoms with van der Waals surface area (Å²) < 4.78 is 0. The molecular weight excluding hydrogens is 378 g/mol. The van der Waals surface area contributed by atoms with Crippen molar-refractivity contribution in [3.05, 3.63) is 52.9 Å². The second kappa shape index (κ2) is 10.6. The molecule has 0 aliphatic carbocycles. The van der Waals surface area contributed by atoms with Gasteiger partial charge < -0.3 is 20.4 Å². The molecule has 2 heterocycles. The summed E-state index contributed by atoms with van der Waals surface area (Å²) in [5, 5.41) is 10.6. The Kier molecular flexibility index (Phi) is 7.95. The maximum absolute atomic E-state index is 4.94. The van der Waals surface area contributed by atoms with Crippen LogP contribution in [0, 0.1) is 6.92 Å². The van der Waals surface area contributed by atoms with Crippen molar-refractivity contribution in [2.24, 2.45) is 4.99 Å². The smallest absolute Gasteiger partial charge is 0.191 e. The number of nitrogens with one attached hydrogen (secondary N) is 2. The molecule has 1 atom stereocenters. The van der Waals surface area contributed by atoms with Crippen molar-refractivity contribution in [2.75, 3.05) is 45.2 Å². The number of hydrogen-bond acceptors (Lipinski definition) is 4. The maximum atomic E-state index is 4.94. The van der Waals surface area contributed by atoms with Crippen LogP contribution in [0.25, 0.3) is 0 Å². The fourth-order valence-corrected chi connectivity index (χ4v) is 4.53. The Balaban J connectivity index is 1.59. The number of aliphatic imine (C=N–C) groups is 1. The zero-order chi connectivity index (χ0) is 20.6. The second-order valence-electron chi connectivity index (χ2n) is 7.97. The number of thiophene rings is 1.